The molecule has 1 saturated heterocycles. The standard InChI is InChI=1S/C12H18O3S/c13-12(11-4-2-1-3-5-11)8-10-6-7-16(14,15)9-10/h4,10H,1-3,5-9H2. The SMILES string of the molecule is O=C(CC1CCS(=O)(=O)C1)C1=CCCCC1. The number of carbonyl (C=O) groups excluding carboxylic acids is 1. The molecule has 2 rings (SSSR count). The van der Waals surface area contributed by atoms with Crippen LogP contribution in [0.3, 0.4) is 0 Å². The van der Waals surface area contributed by atoms with E-state index in [1.54, 1.807) is 0 Å². The predicted molar refractivity (Wildman–Crippen MR) is 62.9 cm³/mol. The normalized spacial score (nSPS) is 28.8. The fraction of sp³-hybridized carbons (Fsp3) is 0.750. The van der Waals surface area contributed by atoms with E-state index < -0.39 is 9.84 Å². The largest absolute Gasteiger partial charge is 0.295 e. The maximum Gasteiger partial charge on any atom is 0.158 e. The van der Waals surface area contributed by atoms with Gasteiger partial charge in [0.1, 0.15) is 0 Å². The van der Waals surface area contributed by atoms with Gasteiger partial charge in [-0.05, 0) is 43.6 Å². The first-order valence-corrected chi connectivity index (χ1v) is 7.81. The van der Waals surface area contributed by atoms with Crippen molar-refractivity contribution >= 4 is 15.6 Å². The van der Waals surface area contributed by atoms with Crippen molar-refractivity contribution in [2.75, 3.05) is 11.5 Å². The average Bonchev–Trinajstić information content (AvgIpc) is 2.59. The van der Waals surface area contributed by atoms with E-state index in [1.807, 2.05) is 6.08 Å². The summed E-state index contributed by atoms with van der Waals surface area (Å²) in [5.41, 5.74) is 0.940. The van der Waals surface area contributed by atoms with Crippen molar-refractivity contribution in [1.82, 2.24) is 0 Å². The molecule has 1 heterocycles. The lowest BCUT2D eigenvalue weighted by Crippen LogP contribution is -2.13. The second-order valence-electron chi connectivity index (χ2n) is 4.87. The summed E-state index contributed by atoms with van der Waals surface area (Å²) in [5, 5.41) is 0. The predicted octanol–water partition coefficient (Wildman–Crippen LogP) is 1.88. The van der Waals surface area contributed by atoms with Crippen LogP contribution in [0.1, 0.15) is 38.5 Å². The van der Waals surface area contributed by atoms with Gasteiger partial charge in [0.2, 0.25) is 0 Å². The molecular formula is C12H18O3S. The summed E-state index contributed by atoms with van der Waals surface area (Å²) in [5.74, 6) is 0.734. The van der Waals surface area contributed by atoms with Gasteiger partial charge in [-0.1, -0.05) is 6.08 Å². The number of ketones is 1. The summed E-state index contributed by atoms with van der Waals surface area (Å²) in [6, 6.07) is 0. The van der Waals surface area contributed by atoms with Gasteiger partial charge in [0, 0.05) is 6.42 Å². The number of sulfone groups is 1. The Kier molecular flexibility index (Phi) is 3.47. The van der Waals surface area contributed by atoms with Gasteiger partial charge in [0.05, 0.1) is 11.5 Å². The molecule has 0 bridgehead atoms. The van der Waals surface area contributed by atoms with Gasteiger partial charge in [0.15, 0.2) is 15.6 Å². The monoisotopic (exact) mass is 242 g/mol. The zero-order valence-electron chi connectivity index (χ0n) is 9.44. The van der Waals surface area contributed by atoms with Crippen molar-refractivity contribution in [1.29, 1.82) is 0 Å². The summed E-state index contributed by atoms with van der Waals surface area (Å²) < 4.78 is 22.5. The Balaban J connectivity index is 1.91. The molecule has 0 aromatic heterocycles. The van der Waals surface area contributed by atoms with Crippen molar-refractivity contribution in [3.63, 3.8) is 0 Å². The van der Waals surface area contributed by atoms with Crippen molar-refractivity contribution in [3.8, 4) is 0 Å². The third kappa shape index (κ3) is 2.94. The van der Waals surface area contributed by atoms with Crippen LogP contribution < -0.4 is 0 Å². The third-order valence-electron chi connectivity index (χ3n) is 3.45. The minimum atomic E-state index is -2.84. The highest BCUT2D eigenvalue weighted by atomic mass is 32.2. The molecule has 0 radical (unpaired) electrons. The molecule has 1 aliphatic carbocycles. The van der Waals surface area contributed by atoms with Gasteiger partial charge in [-0.25, -0.2) is 8.42 Å². The van der Waals surface area contributed by atoms with E-state index in [-0.39, 0.29) is 23.2 Å². The smallest absolute Gasteiger partial charge is 0.158 e. The minimum absolute atomic E-state index is 0.0697. The van der Waals surface area contributed by atoms with Crippen LogP contribution in [0.4, 0.5) is 0 Å². The number of hydrogen-bond acceptors (Lipinski definition) is 3. The van der Waals surface area contributed by atoms with E-state index in [9.17, 15) is 13.2 Å². The van der Waals surface area contributed by atoms with Crippen molar-refractivity contribution in [2.45, 2.75) is 38.5 Å². The summed E-state index contributed by atoms with van der Waals surface area (Å²) in [4.78, 5) is 11.9. The zero-order valence-corrected chi connectivity index (χ0v) is 10.3. The number of carbonyl (C=O) groups is 1. The third-order valence-corrected chi connectivity index (χ3v) is 5.29. The molecule has 3 nitrogen and oxygen atoms in total. The molecule has 16 heavy (non-hydrogen) atoms. The molecule has 2 aliphatic rings. The van der Waals surface area contributed by atoms with Crippen molar-refractivity contribution in [2.24, 2.45) is 5.92 Å². The van der Waals surface area contributed by atoms with Crippen LogP contribution in [0, 0.1) is 5.92 Å². The Hall–Kier alpha value is -0.640. The highest BCUT2D eigenvalue weighted by Gasteiger charge is 2.30. The van der Waals surface area contributed by atoms with Gasteiger partial charge >= 0.3 is 0 Å². The molecule has 0 aromatic carbocycles. The summed E-state index contributed by atoms with van der Waals surface area (Å²) in [6.45, 7) is 0. The van der Waals surface area contributed by atoms with Crippen LogP contribution in [-0.4, -0.2) is 25.7 Å². The lowest BCUT2D eigenvalue weighted by atomic mass is 9.91. The van der Waals surface area contributed by atoms with Crippen molar-refractivity contribution < 1.29 is 13.2 Å². The second kappa shape index (κ2) is 4.70. The fourth-order valence-electron chi connectivity index (χ4n) is 2.52. The van der Waals surface area contributed by atoms with Crippen LogP contribution in [0.25, 0.3) is 0 Å². The van der Waals surface area contributed by atoms with Gasteiger partial charge in [0.25, 0.3) is 0 Å². The van der Waals surface area contributed by atoms with Gasteiger partial charge in [-0.15, -0.1) is 0 Å². The van der Waals surface area contributed by atoms with Gasteiger partial charge < -0.3 is 0 Å². The highest BCUT2D eigenvalue weighted by Crippen LogP contribution is 2.26. The fourth-order valence-corrected chi connectivity index (χ4v) is 4.38. The molecule has 1 unspecified atom stereocenters. The van der Waals surface area contributed by atoms with Gasteiger partial charge in [-0.3, -0.25) is 4.79 Å². The maximum atomic E-state index is 11.9. The molecule has 90 valence electrons. The van der Waals surface area contributed by atoms with Crippen LogP contribution in [-0.2, 0) is 14.6 Å². The maximum absolute atomic E-state index is 11.9. The molecule has 0 aromatic rings. The molecule has 0 spiro atoms. The van der Waals surface area contributed by atoms with E-state index in [0.29, 0.717) is 12.8 Å². The first-order chi connectivity index (χ1) is 7.57. The molecule has 1 atom stereocenters. The molecule has 1 aliphatic heterocycles. The quantitative estimate of drug-likeness (QED) is 0.759. The molecule has 0 amide bonds. The Morgan fingerprint density at radius 2 is 2.19 bits per heavy atom. The van der Waals surface area contributed by atoms with Gasteiger partial charge in [-0.2, -0.15) is 0 Å². The van der Waals surface area contributed by atoms with Crippen LogP contribution in [0.15, 0.2) is 11.6 Å². The van der Waals surface area contributed by atoms with E-state index in [0.717, 1.165) is 24.8 Å². The summed E-state index contributed by atoms with van der Waals surface area (Å²) >= 11 is 0. The van der Waals surface area contributed by atoms with E-state index in [1.165, 1.54) is 6.42 Å². The van der Waals surface area contributed by atoms with Crippen molar-refractivity contribution in [3.05, 3.63) is 11.6 Å². The first-order valence-electron chi connectivity index (χ1n) is 5.99. The van der Waals surface area contributed by atoms with E-state index >= 15 is 0 Å². The Morgan fingerprint density at radius 1 is 1.38 bits per heavy atom. The summed E-state index contributed by atoms with van der Waals surface area (Å²) in [7, 11) is -2.84. The number of Topliss-reactive ketones (excluding diaryl/α,β-unsaturated/α-hetero) is 1. The summed E-state index contributed by atoms with van der Waals surface area (Å²) in [6.07, 6.45) is 7.30. The van der Waals surface area contributed by atoms with E-state index in [4.69, 9.17) is 0 Å². The minimum Gasteiger partial charge on any atom is -0.295 e. The molecular weight excluding hydrogens is 224 g/mol. The number of allylic oxidation sites excluding steroid dienone is 2. The van der Waals surface area contributed by atoms with Crippen LogP contribution >= 0.6 is 0 Å². The second-order valence-corrected chi connectivity index (χ2v) is 7.10. The molecule has 0 saturated carbocycles. The lowest BCUT2D eigenvalue weighted by molar-refractivity contribution is -0.116. The average molecular weight is 242 g/mol. The molecule has 1 fully saturated rings. The Bertz CT molecular complexity index is 406. The zero-order chi connectivity index (χ0) is 11.6. The Morgan fingerprint density at radius 3 is 2.75 bits per heavy atom. The first kappa shape index (κ1) is 11.8. The number of rotatable bonds is 3. The number of hydrogen-bond donors (Lipinski definition) is 0. The topological polar surface area (TPSA) is 51.2 Å². The van der Waals surface area contributed by atoms with Crippen LogP contribution in [0.2, 0.25) is 0 Å². The Labute approximate surface area is 96.8 Å². The van der Waals surface area contributed by atoms with E-state index in [2.05, 4.69) is 0 Å². The lowest BCUT2D eigenvalue weighted by Gasteiger charge is -2.13. The molecule has 4 heteroatoms. The highest BCUT2D eigenvalue weighted by molar-refractivity contribution is 7.91. The molecule has 0 N–H and O–H groups in total. The van der Waals surface area contributed by atoms with Crippen LogP contribution in [0.5, 0.6) is 0 Å².